The lowest BCUT2D eigenvalue weighted by Gasteiger charge is -2.39. The van der Waals surface area contributed by atoms with Crippen LogP contribution in [0.15, 0.2) is 60.7 Å². The third-order valence-corrected chi connectivity index (χ3v) is 4.60. The van der Waals surface area contributed by atoms with Crippen molar-refractivity contribution in [2.75, 3.05) is 0 Å². The van der Waals surface area contributed by atoms with Gasteiger partial charge in [-0.1, -0.05) is 74.5 Å². The maximum Gasteiger partial charge on any atom is 0.140 e. The molecule has 1 aliphatic heterocycles. The molecule has 2 aromatic carbocycles. The van der Waals surface area contributed by atoms with E-state index in [0.29, 0.717) is 18.1 Å². The van der Waals surface area contributed by atoms with Gasteiger partial charge in [-0.25, -0.2) is 0 Å². The summed E-state index contributed by atoms with van der Waals surface area (Å²) in [5.74, 6) is 0.751. The summed E-state index contributed by atoms with van der Waals surface area (Å²) < 4.78 is 0. The van der Waals surface area contributed by atoms with E-state index in [2.05, 4.69) is 43.4 Å². The van der Waals surface area contributed by atoms with Crippen LogP contribution in [-0.4, -0.2) is 5.78 Å². The number of hydrogen-bond acceptors (Lipinski definition) is 2. The number of ketones is 1. The molecule has 114 valence electrons. The molecule has 3 rings (SSSR count). The van der Waals surface area contributed by atoms with Gasteiger partial charge < -0.3 is 5.32 Å². The minimum absolute atomic E-state index is 0.0439. The second kappa shape index (κ2) is 6.45. The monoisotopic (exact) mass is 293 g/mol. The standard InChI is InChI=1S/C20H23NO/c1-14(2)19-18(22)13-17(15-9-5-3-6-10-15)21-20(19)16-11-7-4-8-12-16/h3-12,14,17,19-21H,13H2,1-2H3/t17-,19+,20-/m1/s1. The average molecular weight is 293 g/mol. The molecule has 2 heteroatoms. The van der Waals surface area contributed by atoms with Crippen LogP contribution in [0.5, 0.6) is 0 Å². The van der Waals surface area contributed by atoms with E-state index in [4.69, 9.17) is 0 Å². The second-order valence-corrected chi connectivity index (χ2v) is 6.46. The highest BCUT2D eigenvalue weighted by molar-refractivity contribution is 5.84. The van der Waals surface area contributed by atoms with Crippen molar-refractivity contribution >= 4 is 5.78 Å². The molecule has 0 aliphatic carbocycles. The maximum atomic E-state index is 12.8. The quantitative estimate of drug-likeness (QED) is 0.914. The van der Waals surface area contributed by atoms with Crippen LogP contribution in [0.25, 0.3) is 0 Å². The molecule has 0 unspecified atom stereocenters. The third kappa shape index (κ3) is 2.97. The highest BCUT2D eigenvalue weighted by Crippen LogP contribution is 2.38. The molecular formula is C20H23NO. The van der Waals surface area contributed by atoms with E-state index in [1.54, 1.807) is 0 Å². The first-order chi connectivity index (χ1) is 10.7. The highest BCUT2D eigenvalue weighted by atomic mass is 16.1. The van der Waals surface area contributed by atoms with Crippen LogP contribution < -0.4 is 5.32 Å². The Balaban J connectivity index is 1.94. The van der Waals surface area contributed by atoms with Gasteiger partial charge in [-0.15, -0.1) is 0 Å². The first kappa shape index (κ1) is 15.0. The Morgan fingerprint density at radius 1 is 0.909 bits per heavy atom. The number of nitrogens with one attached hydrogen (secondary N) is 1. The molecule has 1 fully saturated rings. The van der Waals surface area contributed by atoms with Crippen LogP contribution in [0, 0.1) is 11.8 Å². The molecule has 1 heterocycles. The number of piperidine rings is 1. The summed E-state index contributed by atoms with van der Waals surface area (Å²) in [7, 11) is 0. The number of benzene rings is 2. The first-order valence-electron chi connectivity index (χ1n) is 8.05. The van der Waals surface area contributed by atoms with Gasteiger partial charge in [0.15, 0.2) is 0 Å². The minimum Gasteiger partial charge on any atom is -0.302 e. The Labute approximate surface area is 132 Å². The molecule has 0 spiro atoms. The van der Waals surface area contributed by atoms with Gasteiger partial charge in [0.2, 0.25) is 0 Å². The van der Waals surface area contributed by atoms with Crippen molar-refractivity contribution in [3.8, 4) is 0 Å². The zero-order chi connectivity index (χ0) is 15.5. The summed E-state index contributed by atoms with van der Waals surface area (Å²) in [4.78, 5) is 12.8. The molecule has 0 amide bonds. The topological polar surface area (TPSA) is 29.1 Å². The van der Waals surface area contributed by atoms with E-state index < -0.39 is 0 Å². The minimum atomic E-state index is 0.0439. The molecule has 3 atom stereocenters. The van der Waals surface area contributed by atoms with Crippen LogP contribution in [0.1, 0.15) is 43.5 Å². The number of Topliss-reactive ketones (excluding diaryl/α,β-unsaturated/α-hetero) is 1. The molecule has 0 bridgehead atoms. The maximum absolute atomic E-state index is 12.8. The van der Waals surface area contributed by atoms with E-state index in [1.165, 1.54) is 11.1 Å². The van der Waals surface area contributed by atoms with E-state index >= 15 is 0 Å². The number of rotatable bonds is 3. The largest absolute Gasteiger partial charge is 0.302 e. The van der Waals surface area contributed by atoms with Crippen molar-refractivity contribution in [3.63, 3.8) is 0 Å². The van der Waals surface area contributed by atoms with Gasteiger partial charge in [-0.2, -0.15) is 0 Å². The second-order valence-electron chi connectivity index (χ2n) is 6.46. The van der Waals surface area contributed by atoms with Crippen molar-refractivity contribution in [2.45, 2.75) is 32.4 Å². The lowest BCUT2D eigenvalue weighted by atomic mass is 9.75. The van der Waals surface area contributed by atoms with Crippen molar-refractivity contribution < 1.29 is 4.79 Å². The van der Waals surface area contributed by atoms with E-state index in [1.807, 2.05) is 36.4 Å². The van der Waals surface area contributed by atoms with Crippen LogP contribution in [0.4, 0.5) is 0 Å². The van der Waals surface area contributed by atoms with Gasteiger partial charge in [-0.3, -0.25) is 4.79 Å². The summed E-state index contributed by atoms with van der Waals surface area (Å²) in [6.45, 7) is 4.28. The SMILES string of the molecule is CC(C)[C@H]1C(=O)C[C@H](c2ccccc2)N[C@@H]1c1ccccc1. The summed E-state index contributed by atoms with van der Waals surface area (Å²) >= 11 is 0. The zero-order valence-electron chi connectivity index (χ0n) is 13.2. The van der Waals surface area contributed by atoms with Crippen LogP contribution in [0.2, 0.25) is 0 Å². The molecule has 1 N–H and O–H groups in total. The van der Waals surface area contributed by atoms with Crippen molar-refractivity contribution in [2.24, 2.45) is 11.8 Å². The summed E-state index contributed by atoms with van der Waals surface area (Å²) in [6, 6.07) is 20.8. The Kier molecular flexibility index (Phi) is 4.39. The van der Waals surface area contributed by atoms with Crippen LogP contribution in [0.3, 0.4) is 0 Å². The molecular weight excluding hydrogens is 270 g/mol. The molecule has 22 heavy (non-hydrogen) atoms. The normalized spacial score (nSPS) is 25.4. The third-order valence-electron chi connectivity index (χ3n) is 4.60. The van der Waals surface area contributed by atoms with Gasteiger partial charge in [0, 0.05) is 24.4 Å². The average Bonchev–Trinajstić information content (AvgIpc) is 2.55. The molecule has 2 aromatic rings. The Morgan fingerprint density at radius 3 is 2.00 bits per heavy atom. The number of carbonyl (C=O) groups is 1. The fraction of sp³-hybridized carbons (Fsp3) is 0.350. The molecule has 2 nitrogen and oxygen atoms in total. The van der Waals surface area contributed by atoms with Crippen LogP contribution in [-0.2, 0) is 4.79 Å². The van der Waals surface area contributed by atoms with Crippen molar-refractivity contribution in [3.05, 3.63) is 71.8 Å². The van der Waals surface area contributed by atoms with Gasteiger partial charge in [0.25, 0.3) is 0 Å². The zero-order valence-corrected chi connectivity index (χ0v) is 13.2. The molecule has 0 saturated carbocycles. The van der Waals surface area contributed by atoms with Gasteiger partial charge in [0.1, 0.15) is 5.78 Å². The fourth-order valence-electron chi connectivity index (χ4n) is 3.52. The van der Waals surface area contributed by atoms with Gasteiger partial charge in [0.05, 0.1) is 0 Å². The van der Waals surface area contributed by atoms with Crippen LogP contribution >= 0.6 is 0 Å². The number of carbonyl (C=O) groups excluding carboxylic acids is 1. The summed E-state index contributed by atoms with van der Waals surface area (Å²) in [6.07, 6.45) is 0.580. The smallest absolute Gasteiger partial charge is 0.140 e. The lowest BCUT2D eigenvalue weighted by Crippen LogP contribution is -2.44. The Hall–Kier alpha value is -1.93. The first-order valence-corrected chi connectivity index (χ1v) is 8.05. The predicted molar refractivity (Wildman–Crippen MR) is 89.5 cm³/mol. The Bertz CT molecular complexity index is 621. The van der Waals surface area contributed by atoms with Crippen molar-refractivity contribution in [1.29, 1.82) is 0 Å². The molecule has 0 aromatic heterocycles. The van der Waals surface area contributed by atoms with Crippen molar-refractivity contribution in [1.82, 2.24) is 5.32 Å². The van der Waals surface area contributed by atoms with E-state index in [-0.39, 0.29) is 18.0 Å². The highest BCUT2D eigenvalue weighted by Gasteiger charge is 2.38. The summed E-state index contributed by atoms with van der Waals surface area (Å²) in [5, 5.41) is 3.73. The van der Waals surface area contributed by atoms with Gasteiger partial charge in [-0.05, 0) is 17.0 Å². The molecule has 1 saturated heterocycles. The number of hydrogen-bond donors (Lipinski definition) is 1. The van der Waals surface area contributed by atoms with Gasteiger partial charge >= 0.3 is 0 Å². The predicted octanol–water partition coefficient (Wildman–Crippen LogP) is 4.30. The van der Waals surface area contributed by atoms with E-state index in [9.17, 15) is 4.79 Å². The Morgan fingerprint density at radius 2 is 1.45 bits per heavy atom. The molecule has 0 radical (unpaired) electrons. The molecule has 1 aliphatic rings. The lowest BCUT2D eigenvalue weighted by molar-refractivity contribution is -0.128. The fourth-order valence-corrected chi connectivity index (χ4v) is 3.52. The summed E-state index contributed by atoms with van der Waals surface area (Å²) in [5.41, 5.74) is 2.40. The van der Waals surface area contributed by atoms with E-state index in [0.717, 1.165) is 0 Å².